The number of alkyl carbamates (subject to hydrolysis) is 1. The second-order valence-electron chi connectivity index (χ2n) is 11.8. The van der Waals surface area contributed by atoms with E-state index >= 15 is 0 Å². The van der Waals surface area contributed by atoms with Crippen molar-refractivity contribution in [3.05, 3.63) is 24.3 Å². The second-order valence-corrected chi connectivity index (χ2v) is 11.8. The molecule has 16 heteroatoms. The highest BCUT2D eigenvalue weighted by molar-refractivity contribution is 6.13. The second kappa shape index (κ2) is 20.3. The fraction of sp³-hybridized carbons (Fsp3) is 0.667. The maximum atomic E-state index is 11.3. The summed E-state index contributed by atoms with van der Waals surface area (Å²) in [4.78, 5) is 71.0. The van der Waals surface area contributed by atoms with Gasteiger partial charge in [0.15, 0.2) is 0 Å². The number of amides is 6. The van der Waals surface area contributed by atoms with Crippen LogP contribution in [0.15, 0.2) is 24.3 Å². The summed E-state index contributed by atoms with van der Waals surface area (Å²) in [6, 6.07) is 0. The van der Waals surface area contributed by atoms with Crippen LogP contribution in [0.3, 0.4) is 0 Å². The zero-order valence-corrected chi connectivity index (χ0v) is 27.6. The molecule has 2 heterocycles. The minimum Gasteiger partial charge on any atom is -0.465 e. The number of imide groups is 2. The predicted molar refractivity (Wildman–Crippen MR) is 164 cm³/mol. The fourth-order valence-electron chi connectivity index (χ4n) is 3.67. The third kappa shape index (κ3) is 17.0. The molecule has 0 aliphatic carbocycles. The van der Waals surface area contributed by atoms with Crippen LogP contribution >= 0.6 is 0 Å². The molecule has 2 aliphatic rings. The Balaban J connectivity index is 0.000000460. The monoisotopic (exact) mass is 656 g/mol. The average molecular weight is 657 g/mol. The normalized spacial score (nSPS) is 14.6. The largest absolute Gasteiger partial charge is 0.465 e. The van der Waals surface area contributed by atoms with Crippen LogP contribution in [-0.2, 0) is 42.9 Å². The number of carbonyl (C=O) groups is 6. The lowest BCUT2D eigenvalue weighted by Gasteiger charge is -2.32. The van der Waals surface area contributed by atoms with Gasteiger partial charge in [0.05, 0.1) is 65.9 Å². The molecule has 6 amide bonds. The Kier molecular flexibility index (Phi) is 17.7. The molecule has 260 valence electrons. The number of nitrogens with zero attached hydrogens (tertiary/aromatic N) is 3. The van der Waals surface area contributed by atoms with E-state index in [1.807, 2.05) is 20.8 Å². The van der Waals surface area contributed by atoms with Crippen LogP contribution in [0, 0.1) is 0 Å². The molecule has 0 aromatic rings. The summed E-state index contributed by atoms with van der Waals surface area (Å²) < 4.78 is 26.2. The lowest BCUT2D eigenvalue weighted by molar-refractivity contribution is -0.139. The predicted octanol–water partition coefficient (Wildman–Crippen LogP) is 1.19. The molecule has 0 spiro atoms. The molecule has 2 aliphatic heterocycles. The van der Waals surface area contributed by atoms with Crippen molar-refractivity contribution >= 4 is 35.8 Å². The molecular weight excluding hydrogens is 608 g/mol. The Labute approximate surface area is 269 Å². The van der Waals surface area contributed by atoms with Gasteiger partial charge in [-0.1, -0.05) is 0 Å². The van der Waals surface area contributed by atoms with Gasteiger partial charge in [0, 0.05) is 42.9 Å². The van der Waals surface area contributed by atoms with E-state index in [0.29, 0.717) is 39.6 Å². The Hall–Kier alpha value is -3.86. The van der Waals surface area contributed by atoms with Crippen molar-refractivity contribution in [2.75, 3.05) is 79.0 Å². The van der Waals surface area contributed by atoms with Crippen molar-refractivity contribution in [1.82, 2.24) is 20.0 Å². The molecular formula is C30H48N4O12. The first-order valence-corrected chi connectivity index (χ1v) is 14.9. The van der Waals surface area contributed by atoms with Crippen LogP contribution < -0.4 is 5.32 Å². The van der Waals surface area contributed by atoms with Crippen LogP contribution in [0.25, 0.3) is 0 Å². The molecule has 46 heavy (non-hydrogen) atoms. The number of nitrogens with one attached hydrogen (secondary N) is 1. The van der Waals surface area contributed by atoms with Crippen LogP contribution in [0.2, 0.25) is 0 Å². The van der Waals surface area contributed by atoms with Gasteiger partial charge in [0.2, 0.25) is 0 Å². The first-order valence-electron chi connectivity index (χ1n) is 14.9. The topological polar surface area (TPSA) is 191 Å². The van der Waals surface area contributed by atoms with E-state index in [1.165, 1.54) is 29.2 Å². The van der Waals surface area contributed by atoms with Crippen LogP contribution in [0.5, 0.6) is 0 Å². The van der Waals surface area contributed by atoms with E-state index in [9.17, 15) is 28.8 Å². The summed E-state index contributed by atoms with van der Waals surface area (Å²) >= 11 is 0. The highest BCUT2D eigenvalue weighted by atomic mass is 16.6. The van der Waals surface area contributed by atoms with Gasteiger partial charge in [0.1, 0.15) is 5.60 Å². The Morgan fingerprint density at radius 2 is 1.07 bits per heavy atom. The molecule has 2 rings (SSSR count). The molecule has 0 aromatic carbocycles. The van der Waals surface area contributed by atoms with Gasteiger partial charge in [0.25, 0.3) is 23.6 Å². The standard InChI is InChI=1S/2C15H24N2O6/c1-15(2,3)23-14(20)16-6-8-21-10-11-22-9-7-17-12(18)4-5-13(17)19;1-15(2,3)17(14(20)21)7-9-23-11-10-22-8-6-16-12(18)4-5-13(16)19/h4-5H,6-11H2,1-3H3,(H,16,20);4-5H,6-11H2,1-3H3,(H,20,21). The summed E-state index contributed by atoms with van der Waals surface area (Å²) in [6.07, 6.45) is 3.48. The van der Waals surface area contributed by atoms with Gasteiger partial charge >= 0.3 is 12.2 Å². The number of rotatable bonds is 18. The van der Waals surface area contributed by atoms with E-state index in [2.05, 4.69) is 5.32 Å². The number of carboxylic acid groups (broad SMARTS) is 1. The number of carbonyl (C=O) groups excluding carboxylic acids is 5. The van der Waals surface area contributed by atoms with E-state index in [0.717, 1.165) is 9.80 Å². The van der Waals surface area contributed by atoms with Gasteiger partial charge < -0.3 is 39.0 Å². The van der Waals surface area contributed by atoms with E-state index in [1.54, 1.807) is 20.8 Å². The average Bonchev–Trinajstić information content (AvgIpc) is 3.43. The molecule has 0 atom stereocenters. The third-order valence-electron chi connectivity index (χ3n) is 5.88. The van der Waals surface area contributed by atoms with Gasteiger partial charge in [-0.2, -0.15) is 0 Å². The van der Waals surface area contributed by atoms with Crippen LogP contribution in [-0.4, -0.2) is 146 Å². The molecule has 0 aromatic heterocycles. The fourth-order valence-corrected chi connectivity index (χ4v) is 3.67. The quantitative estimate of drug-likeness (QED) is 0.159. The minimum absolute atomic E-state index is 0.210. The first-order chi connectivity index (χ1) is 21.5. The van der Waals surface area contributed by atoms with Gasteiger partial charge in [-0.25, -0.2) is 9.59 Å². The van der Waals surface area contributed by atoms with Crippen molar-refractivity contribution in [3.8, 4) is 0 Å². The highest BCUT2D eigenvalue weighted by Crippen LogP contribution is 2.12. The molecule has 0 unspecified atom stereocenters. The molecule has 0 saturated carbocycles. The number of hydrogen-bond acceptors (Lipinski definition) is 11. The maximum Gasteiger partial charge on any atom is 0.407 e. The summed E-state index contributed by atoms with van der Waals surface area (Å²) in [5.74, 6) is -1.29. The summed E-state index contributed by atoms with van der Waals surface area (Å²) in [7, 11) is 0. The zero-order chi connectivity index (χ0) is 34.8. The van der Waals surface area contributed by atoms with Crippen molar-refractivity contribution in [2.45, 2.75) is 52.7 Å². The van der Waals surface area contributed by atoms with Gasteiger partial charge in [-0.05, 0) is 41.5 Å². The van der Waals surface area contributed by atoms with Crippen LogP contribution in [0.4, 0.5) is 9.59 Å². The molecule has 0 saturated heterocycles. The maximum absolute atomic E-state index is 11.3. The first kappa shape index (κ1) is 40.2. The van der Waals surface area contributed by atoms with E-state index in [4.69, 9.17) is 28.8 Å². The van der Waals surface area contributed by atoms with Gasteiger partial charge in [-0.15, -0.1) is 0 Å². The third-order valence-corrected chi connectivity index (χ3v) is 5.88. The Morgan fingerprint density at radius 1 is 0.674 bits per heavy atom. The van der Waals surface area contributed by atoms with E-state index in [-0.39, 0.29) is 63.1 Å². The lowest BCUT2D eigenvalue weighted by atomic mass is 10.1. The number of ether oxygens (including phenoxy) is 5. The van der Waals surface area contributed by atoms with Crippen LogP contribution in [0.1, 0.15) is 41.5 Å². The SMILES string of the molecule is CC(C)(C)N(CCOCCOCCN1C(=O)C=CC1=O)C(=O)O.CC(C)(C)OC(=O)NCCOCCOCCN1C(=O)C=CC1=O. The van der Waals surface area contributed by atoms with Crippen molar-refractivity contribution < 1.29 is 57.6 Å². The Bertz CT molecular complexity index is 1060. The molecule has 2 N–H and O–H groups in total. The van der Waals surface area contributed by atoms with E-state index < -0.39 is 23.3 Å². The number of hydrogen-bond donors (Lipinski definition) is 2. The summed E-state index contributed by atoms with van der Waals surface area (Å²) in [5, 5.41) is 11.7. The molecule has 16 nitrogen and oxygen atoms in total. The smallest absolute Gasteiger partial charge is 0.407 e. The summed E-state index contributed by atoms with van der Waals surface area (Å²) in [5.41, 5.74) is -0.999. The molecule has 0 radical (unpaired) electrons. The van der Waals surface area contributed by atoms with Crippen molar-refractivity contribution in [1.29, 1.82) is 0 Å². The molecule has 0 bridgehead atoms. The summed E-state index contributed by atoms with van der Waals surface area (Å²) in [6.45, 7) is 14.3. The van der Waals surface area contributed by atoms with Crippen molar-refractivity contribution in [3.63, 3.8) is 0 Å². The zero-order valence-electron chi connectivity index (χ0n) is 27.6. The highest BCUT2D eigenvalue weighted by Gasteiger charge is 2.26. The Morgan fingerprint density at radius 3 is 1.43 bits per heavy atom. The lowest BCUT2D eigenvalue weighted by Crippen LogP contribution is -2.46. The minimum atomic E-state index is -0.981. The van der Waals surface area contributed by atoms with Gasteiger partial charge in [-0.3, -0.25) is 29.0 Å². The molecule has 0 fully saturated rings. The van der Waals surface area contributed by atoms with Crippen molar-refractivity contribution in [2.24, 2.45) is 0 Å².